The number of rotatable bonds is 9. The molecule has 0 radical (unpaired) electrons. The third-order valence-corrected chi connectivity index (χ3v) is 6.13. The van der Waals surface area contributed by atoms with Crippen LogP contribution in [-0.2, 0) is 14.8 Å². The van der Waals surface area contributed by atoms with E-state index in [-0.39, 0.29) is 5.91 Å². The second kappa shape index (κ2) is 9.98. The maximum Gasteiger partial charge on any atom is 0.243 e. The van der Waals surface area contributed by atoms with E-state index in [9.17, 15) is 13.2 Å². The molecule has 8 heteroatoms. The predicted molar refractivity (Wildman–Crippen MR) is 120 cm³/mol. The van der Waals surface area contributed by atoms with Crippen molar-refractivity contribution in [1.29, 1.82) is 0 Å². The second-order valence-corrected chi connectivity index (χ2v) is 9.36. The van der Waals surface area contributed by atoms with Gasteiger partial charge in [0, 0.05) is 30.8 Å². The first kappa shape index (κ1) is 23.0. The number of para-hydroxylation sites is 1. The van der Waals surface area contributed by atoms with Gasteiger partial charge in [-0.15, -0.1) is 0 Å². The number of halogens is 1. The lowest BCUT2D eigenvalue weighted by molar-refractivity contribution is -0.121. The molecule has 0 aliphatic heterocycles. The van der Waals surface area contributed by atoms with E-state index in [1.54, 1.807) is 32.0 Å². The molecule has 0 saturated heterocycles. The van der Waals surface area contributed by atoms with Gasteiger partial charge in [0.15, 0.2) is 0 Å². The molecular weight excluding hydrogens is 410 g/mol. The molecule has 158 valence electrons. The monoisotopic (exact) mass is 437 g/mol. The van der Waals surface area contributed by atoms with Crippen molar-refractivity contribution >= 4 is 38.9 Å². The van der Waals surface area contributed by atoms with Crippen LogP contribution in [0.5, 0.6) is 0 Å². The van der Waals surface area contributed by atoms with Gasteiger partial charge in [-0.05, 0) is 50.1 Å². The molecule has 0 bridgehead atoms. The van der Waals surface area contributed by atoms with E-state index in [0.29, 0.717) is 17.3 Å². The van der Waals surface area contributed by atoms with Gasteiger partial charge >= 0.3 is 0 Å². The Morgan fingerprint density at radius 2 is 1.83 bits per heavy atom. The number of amides is 1. The van der Waals surface area contributed by atoms with Gasteiger partial charge in [0.1, 0.15) is 6.04 Å². The zero-order valence-electron chi connectivity index (χ0n) is 17.2. The summed E-state index contributed by atoms with van der Waals surface area (Å²) in [4.78, 5) is 14.8. The highest BCUT2D eigenvalue weighted by molar-refractivity contribution is 7.92. The summed E-state index contributed by atoms with van der Waals surface area (Å²) in [5.74, 6) is -0.350. The smallest absolute Gasteiger partial charge is 0.243 e. The Hall–Kier alpha value is -2.25. The van der Waals surface area contributed by atoms with Crippen LogP contribution in [-0.4, -0.2) is 46.8 Å². The van der Waals surface area contributed by atoms with E-state index in [4.69, 9.17) is 11.6 Å². The fraction of sp³-hybridized carbons (Fsp3) is 0.381. The van der Waals surface area contributed by atoms with Crippen molar-refractivity contribution in [2.45, 2.75) is 26.3 Å². The molecule has 0 aliphatic carbocycles. The van der Waals surface area contributed by atoms with Crippen LogP contribution < -0.4 is 14.5 Å². The molecule has 6 nitrogen and oxygen atoms in total. The van der Waals surface area contributed by atoms with E-state index >= 15 is 0 Å². The molecule has 1 N–H and O–H groups in total. The first-order valence-electron chi connectivity index (χ1n) is 9.40. The standard InChI is InChI=1S/C21H28ClN3O3S/c1-16-11-12-18(22)15-20(16)25(29(4,27)28)17(2)21(26)23-13-8-14-24(3)19-9-6-5-7-10-19/h5-7,9-12,15,17H,8,13-14H2,1-4H3,(H,23,26). The van der Waals surface area contributed by atoms with Gasteiger partial charge in [-0.25, -0.2) is 8.42 Å². The highest BCUT2D eigenvalue weighted by Gasteiger charge is 2.30. The first-order valence-corrected chi connectivity index (χ1v) is 11.6. The van der Waals surface area contributed by atoms with Gasteiger partial charge in [-0.1, -0.05) is 35.9 Å². The van der Waals surface area contributed by atoms with Crippen LogP contribution in [0.3, 0.4) is 0 Å². The van der Waals surface area contributed by atoms with Crippen LogP contribution in [0.2, 0.25) is 5.02 Å². The number of anilines is 2. The molecule has 0 saturated carbocycles. The summed E-state index contributed by atoms with van der Waals surface area (Å²) in [6.07, 6.45) is 1.82. The predicted octanol–water partition coefficient (Wildman–Crippen LogP) is 3.45. The van der Waals surface area contributed by atoms with Crippen molar-refractivity contribution in [3.63, 3.8) is 0 Å². The van der Waals surface area contributed by atoms with Crippen molar-refractivity contribution in [2.24, 2.45) is 0 Å². The largest absolute Gasteiger partial charge is 0.375 e. The van der Waals surface area contributed by atoms with Crippen molar-refractivity contribution < 1.29 is 13.2 Å². The molecule has 1 amide bonds. The van der Waals surface area contributed by atoms with Crippen molar-refractivity contribution in [3.8, 4) is 0 Å². The molecule has 0 spiro atoms. The molecule has 2 aromatic rings. The summed E-state index contributed by atoms with van der Waals surface area (Å²) in [6, 6.07) is 14.1. The maximum atomic E-state index is 12.7. The molecule has 0 aromatic heterocycles. The number of carbonyl (C=O) groups excluding carboxylic acids is 1. The van der Waals surface area contributed by atoms with E-state index < -0.39 is 16.1 Å². The van der Waals surface area contributed by atoms with E-state index in [0.717, 1.165) is 34.8 Å². The lowest BCUT2D eigenvalue weighted by Crippen LogP contribution is -2.48. The summed E-state index contributed by atoms with van der Waals surface area (Å²) in [7, 11) is -1.68. The van der Waals surface area contributed by atoms with Crippen LogP contribution in [0.25, 0.3) is 0 Å². The van der Waals surface area contributed by atoms with Crippen molar-refractivity contribution in [1.82, 2.24) is 5.32 Å². The normalized spacial score (nSPS) is 12.3. The number of benzene rings is 2. The first-order chi connectivity index (χ1) is 13.6. The molecule has 0 aliphatic rings. The highest BCUT2D eigenvalue weighted by Crippen LogP contribution is 2.28. The lowest BCUT2D eigenvalue weighted by Gasteiger charge is -2.29. The van der Waals surface area contributed by atoms with Crippen molar-refractivity contribution in [2.75, 3.05) is 35.6 Å². The topological polar surface area (TPSA) is 69.7 Å². The lowest BCUT2D eigenvalue weighted by atomic mass is 10.1. The number of aryl methyl sites for hydroxylation is 1. The number of nitrogens with zero attached hydrogens (tertiary/aromatic N) is 2. The average molecular weight is 438 g/mol. The molecule has 1 unspecified atom stereocenters. The van der Waals surface area contributed by atoms with Crippen LogP contribution >= 0.6 is 11.6 Å². The minimum absolute atomic E-state index is 0.350. The minimum atomic E-state index is -3.68. The quantitative estimate of drug-likeness (QED) is 0.610. The molecular formula is C21H28ClN3O3S. The summed E-state index contributed by atoms with van der Waals surface area (Å²) in [5.41, 5.74) is 2.24. The fourth-order valence-corrected chi connectivity index (χ4v) is 4.48. The third-order valence-electron chi connectivity index (χ3n) is 4.66. The van der Waals surface area contributed by atoms with Crippen LogP contribution in [0.15, 0.2) is 48.5 Å². The molecule has 0 fully saturated rings. The van der Waals surface area contributed by atoms with E-state index in [1.807, 2.05) is 37.4 Å². The van der Waals surface area contributed by atoms with Crippen molar-refractivity contribution in [3.05, 3.63) is 59.1 Å². The Balaban J connectivity index is 2.00. The van der Waals surface area contributed by atoms with Crippen LogP contribution in [0.4, 0.5) is 11.4 Å². The van der Waals surface area contributed by atoms with Gasteiger partial charge in [0.05, 0.1) is 11.9 Å². The number of carbonyl (C=O) groups is 1. The van der Waals surface area contributed by atoms with Gasteiger partial charge < -0.3 is 10.2 Å². The zero-order chi connectivity index (χ0) is 21.6. The fourth-order valence-electron chi connectivity index (χ4n) is 3.09. The van der Waals surface area contributed by atoms with Crippen LogP contribution in [0, 0.1) is 6.92 Å². The van der Waals surface area contributed by atoms with Gasteiger partial charge in [-0.2, -0.15) is 0 Å². The average Bonchev–Trinajstić information content (AvgIpc) is 2.67. The molecule has 2 aromatic carbocycles. The Morgan fingerprint density at radius 3 is 2.45 bits per heavy atom. The van der Waals surface area contributed by atoms with E-state index in [2.05, 4.69) is 10.2 Å². The Bertz CT molecular complexity index is 935. The summed E-state index contributed by atoms with van der Waals surface area (Å²) in [6.45, 7) is 4.58. The SMILES string of the molecule is Cc1ccc(Cl)cc1N(C(C)C(=O)NCCCN(C)c1ccccc1)S(C)(=O)=O. The van der Waals surface area contributed by atoms with Gasteiger partial charge in [0.2, 0.25) is 15.9 Å². The minimum Gasteiger partial charge on any atom is -0.375 e. The molecule has 2 rings (SSSR count). The maximum absolute atomic E-state index is 12.7. The van der Waals surface area contributed by atoms with Gasteiger partial charge in [-0.3, -0.25) is 9.10 Å². The number of hydrogen-bond acceptors (Lipinski definition) is 4. The summed E-state index contributed by atoms with van der Waals surface area (Å²) in [5, 5.41) is 3.25. The summed E-state index contributed by atoms with van der Waals surface area (Å²) < 4.78 is 26.0. The van der Waals surface area contributed by atoms with E-state index in [1.165, 1.54) is 0 Å². The highest BCUT2D eigenvalue weighted by atomic mass is 35.5. The summed E-state index contributed by atoms with van der Waals surface area (Å²) >= 11 is 6.05. The molecule has 1 atom stereocenters. The second-order valence-electron chi connectivity index (χ2n) is 7.07. The number of nitrogens with one attached hydrogen (secondary N) is 1. The third kappa shape index (κ3) is 6.37. The van der Waals surface area contributed by atoms with Gasteiger partial charge in [0.25, 0.3) is 0 Å². The Morgan fingerprint density at radius 1 is 1.17 bits per heavy atom. The molecule has 0 heterocycles. The zero-order valence-corrected chi connectivity index (χ0v) is 18.8. The Kier molecular flexibility index (Phi) is 7.93. The molecule has 29 heavy (non-hydrogen) atoms. The number of sulfonamides is 1. The Labute approximate surface area is 178 Å². The number of hydrogen-bond donors (Lipinski definition) is 1. The van der Waals surface area contributed by atoms with Crippen LogP contribution in [0.1, 0.15) is 18.9 Å².